The third-order valence-corrected chi connectivity index (χ3v) is 4.53. The van der Waals surface area contributed by atoms with Crippen LogP contribution in [0, 0.1) is 0 Å². The van der Waals surface area contributed by atoms with E-state index >= 15 is 0 Å². The van der Waals surface area contributed by atoms with Gasteiger partial charge in [0.25, 0.3) is 0 Å². The summed E-state index contributed by atoms with van der Waals surface area (Å²) in [7, 11) is 4.31. The highest BCUT2D eigenvalue weighted by Gasteiger charge is 2.36. The van der Waals surface area contributed by atoms with Crippen LogP contribution in [-0.4, -0.2) is 30.6 Å². The first-order valence-electron chi connectivity index (χ1n) is 7.28. The van der Waals surface area contributed by atoms with Crippen LogP contribution in [-0.2, 0) is 6.42 Å². The number of rotatable bonds is 8. The van der Waals surface area contributed by atoms with Crippen LogP contribution in [0.15, 0.2) is 30.3 Å². The molecule has 0 bridgehead atoms. The van der Waals surface area contributed by atoms with Gasteiger partial charge in [-0.2, -0.15) is 0 Å². The van der Waals surface area contributed by atoms with Crippen molar-refractivity contribution in [3.63, 3.8) is 0 Å². The van der Waals surface area contributed by atoms with E-state index < -0.39 is 0 Å². The minimum Gasteiger partial charge on any atom is -0.302 e. The molecule has 0 aliphatic carbocycles. The average Bonchev–Trinajstić information content (AvgIpc) is 2.44. The predicted molar refractivity (Wildman–Crippen MR) is 82.9 cm³/mol. The summed E-state index contributed by atoms with van der Waals surface area (Å²) in [4.78, 5) is 2.32. The van der Waals surface area contributed by atoms with Gasteiger partial charge in [0.15, 0.2) is 0 Å². The molecule has 0 aromatic heterocycles. The number of hydrazine groups is 1. The van der Waals surface area contributed by atoms with Crippen molar-refractivity contribution in [2.75, 3.05) is 14.1 Å². The van der Waals surface area contributed by atoms with Crippen LogP contribution in [0.1, 0.15) is 38.7 Å². The normalized spacial score (nSPS) is 13.8. The number of hydrogen-bond acceptors (Lipinski definition) is 3. The monoisotopic (exact) mass is 263 g/mol. The Kier molecular flexibility index (Phi) is 6.49. The molecule has 0 saturated heterocycles. The van der Waals surface area contributed by atoms with Crippen LogP contribution in [0.3, 0.4) is 0 Å². The van der Waals surface area contributed by atoms with Gasteiger partial charge >= 0.3 is 0 Å². The lowest BCUT2D eigenvalue weighted by molar-refractivity contribution is 0.0843. The smallest absolute Gasteiger partial charge is 0.0397 e. The Morgan fingerprint density at radius 2 is 1.74 bits per heavy atom. The van der Waals surface area contributed by atoms with Crippen molar-refractivity contribution in [2.45, 2.75) is 51.1 Å². The molecule has 1 unspecified atom stereocenters. The summed E-state index contributed by atoms with van der Waals surface area (Å²) >= 11 is 0. The van der Waals surface area contributed by atoms with E-state index in [1.54, 1.807) is 0 Å². The van der Waals surface area contributed by atoms with E-state index in [1.807, 2.05) is 0 Å². The third kappa shape index (κ3) is 3.78. The standard InChI is InChI=1S/C16H29N3/c1-5-16(6-2,19(3)4)15(18-17)13-12-14-10-8-7-9-11-14/h7-11,15,18H,5-6,12-13,17H2,1-4H3. The van der Waals surface area contributed by atoms with Crippen LogP contribution < -0.4 is 11.3 Å². The van der Waals surface area contributed by atoms with Crippen molar-refractivity contribution in [1.29, 1.82) is 0 Å². The molecule has 0 amide bonds. The Morgan fingerprint density at radius 3 is 2.16 bits per heavy atom. The van der Waals surface area contributed by atoms with Crippen molar-refractivity contribution in [3.05, 3.63) is 35.9 Å². The largest absolute Gasteiger partial charge is 0.302 e. The zero-order valence-electron chi connectivity index (χ0n) is 12.8. The molecule has 19 heavy (non-hydrogen) atoms. The van der Waals surface area contributed by atoms with Crippen LogP contribution in [0.2, 0.25) is 0 Å². The van der Waals surface area contributed by atoms with Gasteiger partial charge in [-0.25, -0.2) is 0 Å². The highest BCUT2D eigenvalue weighted by atomic mass is 15.3. The Morgan fingerprint density at radius 1 is 1.16 bits per heavy atom. The highest BCUT2D eigenvalue weighted by Crippen LogP contribution is 2.28. The van der Waals surface area contributed by atoms with Gasteiger partial charge in [-0.15, -0.1) is 0 Å². The minimum absolute atomic E-state index is 0.129. The molecule has 0 radical (unpaired) electrons. The van der Waals surface area contributed by atoms with Gasteiger partial charge in [0.2, 0.25) is 0 Å². The lowest BCUT2D eigenvalue weighted by Crippen LogP contribution is -2.60. The second kappa shape index (κ2) is 7.63. The van der Waals surface area contributed by atoms with Crippen LogP contribution in [0.25, 0.3) is 0 Å². The van der Waals surface area contributed by atoms with E-state index in [-0.39, 0.29) is 5.54 Å². The summed E-state index contributed by atoms with van der Waals surface area (Å²) in [6, 6.07) is 10.9. The molecule has 1 atom stereocenters. The maximum absolute atomic E-state index is 5.84. The molecule has 3 N–H and O–H groups in total. The third-order valence-electron chi connectivity index (χ3n) is 4.53. The number of nitrogens with one attached hydrogen (secondary N) is 1. The fraction of sp³-hybridized carbons (Fsp3) is 0.625. The number of aryl methyl sites for hydroxylation is 1. The topological polar surface area (TPSA) is 41.3 Å². The average molecular weight is 263 g/mol. The van der Waals surface area contributed by atoms with Crippen molar-refractivity contribution >= 4 is 0 Å². The van der Waals surface area contributed by atoms with Crippen molar-refractivity contribution in [1.82, 2.24) is 10.3 Å². The second-order valence-electron chi connectivity index (χ2n) is 5.45. The summed E-state index contributed by atoms with van der Waals surface area (Å²) in [6.07, 6.45) is 4.31. The molecule has 1 aromatic carbocycles. The van der Waals surface area contributed by atoms with Gasteiger partial charge in [-0.1, -0.05) is 44.2 Å². The van der Waals surface area contributed by atoms with Gasteiger partial charge in [0, 0.05) is 11.6 Å². The Balaban J connectivity index is 2.76. The minimum atomic E-state index is 0.129. The van der Waals surface area contributed by atoms with Crippen molar-refractivity contribution in [2.24, 2.45) is 5.84 Å². The second-order valence-corrected chi connectivity index (χ2v) is 5.45. The fourth-order valence-corrected chi connectivity index (χ4v) is 3.15. The van der Waals surface area contributed by atoms with Crippen LogP contribution >= 0.6 is 0 Å². The van der Waals surface area contributed by atoms with E-state index in [1.165, 1.54) is 5.56 Å². The number of nitrogens with zero attached hydrogens (tertiary/aromatic N) is 1. The lowest BCUT2D eigenvalue weighted by atomic mass is 9.81. The Hall–Kier alpha value is -0.900. The van der Waals surface area contributed by atoms with E-state index in [0.29, 0.717) is 6.04 Å². The Labute approximate surface area is 118 Å². The Bertz CT molecular complexity index is 344. The fourth-order valence-electron chi connectivity index (χ4n) is 3.15. The summed E-state index contributed by atoms with van der Waals surface area (Å²) in [5.74, 6) is 5.84. The van der Waals surface area contributed by atoms with E-state index in [2.05, 4.69) is 68.6 Å². The maximum Gasteiger partial charge on any atom is 0.0397 e. The molecule has 1 aromatic rings. The van der Waals surface area contributed by atoms with E-state index in [0.717, 1.165) is 25.7 Å². The van der Waals surface area contributed by atoms with Gasteiger partial charge in [0.05, 0.1) is 0 Å². The number of benzene rings is 1. The first-order chi connectivity index (χ1) is 9.10. The molecule has 0 fully saturated rings. The zero-order valence-corrected chi connectivity index (χ0v) is 12.8. The lowest BCUT2D eigenvalue weighted by Gasteiger charge is -2.45. The molecule has 0 aliphatic rings. The van der Waals surface area contributed by atoms with Gasteiger partial charge in [-0.3, -0.25) is 11.3 Å². The molecule has 0 aliphatic heterocycles. The van der Waals surface area contributed by atoms with Crippen LogP contribution in [0.4, 0.5) is 0 Å². The van der Waals surface area contributed by atoms with Crippen LogP contribution in [0.5, 0.6) is 0 Å². The number of hydrogen-bond donors (Lipinski definition) is 2. The van der Waals surface area contributed by atoms with Gasteiger partial charge < -0.3 is 4.90 Å². The van der Waals surface area contributed by atoms with E-state index in [4.69, 9.17) is 5.84 Å². The molecular weight excluding hydrogens is 234 g/mol. The highest BCUT2D eigenvalue weighted by molar-refractivity contribution is 5.15. The van der Waals surface area contributed by atoms with Crippen molar-refractivity contribution < 1.29 is 0 Å². The molecule has 1 rings (SSSR count). The molecule has 0 spiro atoms. The first-order valence-corrected chi connectivity index (χ1v) is 7.28. The summed E-state index contributed by atoms with van der Waals surface area (Å²) < 4.78 is 0. The first kappa shape index (κ1) is 16.2. The molecule has 3 heteroatoms. The molecule has 0 saturated carbocycles. The summed E-state index contributed by atoms with van der Waals surface area (Å²) in [6.45, 7) is 4.49. The molecule has 0 heterocycles. The van der Waals surface area contributed by atoms with Crippen molar-refractivity contribution in [3.8, 4) is 0 Å². The van der Waals surface area contributed by atoms with Gasteiger partial charge in [0.1, 0.15) is 0 Å². The molecule has 3 nitrogen and oxygen atoms in total. The number of likely N-dealkylation sites (N-methyl/N-ethyl adjacent to an activating group) is 1. The van der Waals surface area contributed by atoms with Gasteiger partial charge in [-0.05, 0) is 45.3 Å². The quantitative estimate of drug-likeness (QED) is 0.559. The predicted octanol–water partition coefficient (Wildman–Crippen LogP) is 2.57. The SMILES string of the molecule is CCC(CC)(C(CCc1ccccc1)NN)N(C)C. The maximum atomic E-state index is 5.84. The number of nitrogens with two attached hydrogens (primary N) is 1. The molecule has 108 valence electrons. The summed E-state index contributed by atoms with van der Waals surface area (Å²) in [5.41, 5.74) is 4.56. The summed E-state index contributed by atoms with van der Waals surface area (Å²) in [5, 5.41) is 0. The molecular formula is C16H29N3. The zero-order chi connectivity index (χ0) is 14.3. The van der Waals surface area contributed by atoms with E-state index in [9.17, 15) is 0 Å².